The summed E-state index contributed by atoms with van der Waals surface area (Å²) in [7, 11) is 0. The van der Waals surface area contributed by atoms with Gasteiger partial charge >= 0.3 is 0 Å². The molecule has 128 valence electrons. The molecule has 0 bridgehead atoms. The number of para-hydroxylation sites is 1. The number of carbonyl (C=O) groups is 2. The highest BCUT2D eigenvalue weighted by Gasteiger charge is 2.25. The minimum absolute atomic E-state index is 0.0845. The number of anilines is 1. The highest BCUT2D eigenvalue weighted by molar-refractivity contribution is 6.40. The van der Waals surface area contributed by atoms with Gasteiger partial charge in [0.05, 0.1) is 11.8 Å². The van der Waals surface area contributed by atoms with E-state index < -0.39 is 6.10 Å². The zero-order valence-corrected chi connectivity index (χ0v) is 13.6. The first-order chi connectivity index (χ1) is 12.1. The van der Waals surface area contributed by atoms with Crippen molar-refractivity contribution in [3.05, 3.63) is 66.2 Å². The Balaban J connectivity index is 1.66. The molecule has 2 aromatic carbocycles. The number of hydrazone groups is 1. The second kappa shape index (κ2) is 7.72. The van der Waals surface area contributed by atoms with E-state index in [1.165, 1.54) is 5.01 Å². The molecule has 6 nitrogen and oxygen atoms in total. The summed E-state index contributed by atoms with van der Waals surface area (Å²) in [5, 5.41) is 18.2. The van der Waals surface area contributed by atoms with Crippen LogP contribution in [0.5, 0.6) is 0 Å². The van der Waals surface area contributed by atoms with Crippen LogP contribution in [0.3, 0.4) is 0 Å². The third-order valence-corrected chi connectivity index (χ3v) is 3.94. The van der Waals surface area contributed by atoms with E-state index in [9.17, 15) is 14.7 Å². The molecule has 3 rings (SSSR count). The molecule has 1 atom stereocenters. The van der Waals surface area contributed by atoms with Gasteiger partial charge in [-0.25, -0.2) is 5.01 Å². The Morgan fingerprint density at radius 2 is 1.72 bits per heavy atom. The summed E-state index contributed by atoms with van der Waals surface area (Å²) in [4.78, 5) is 24.4. The minimum Gasteiger partial charge on any atom is -0.387 e. The predicted molar refractivity (Wildman–Crippen MR) is 95.0 cm³/mol. The average molecular weight is 337 g/mol. The van der Waals surface area contributed by atoms with Gasteiger partial charge < -0.3 is 10.4 Å². The first kappa shape index (κ1) is 16.9. The highest BCUT2D eigenvalue weighted by atomic mass is 16.3. The van der Waals surface area contributed by atoms with Crippen LogP contribution in [0.1, 0.15) is 24.5 Å². The monoisotopic (exact) mass is 337 g/mol. The Morgan fingerprint density at radius 1 is 1.08 bits per heavy atom. The van der Waals surface area contributed by atoms with Crippen molar-refractivity contribution in [3.8, 4) is 0 Å². The number of nitrogens with zero attached hydrogens (tertiary/aromatic N) is 2. The largest absolute Gasteiger partial charge is 0.387 e. The first-order valence-corrected chi connectivity index (χ1v) is 8.12. The third-order valence-electron chi connectivity index (χ3n) is 3.94. The topological polar surface area (TPSA) is 82.0 Å². The number of hydrogen-bond acceptors (Lipinski definition) is 4. The number of hydrogen-bond donors (Lipinski definition) is 2. The molecule has 25 heavy (non-hydrogen) atoms. The van der Waals surface area contributed by atoms with Crippen molar-refractivity contribution in [1.29, 1.82) is 0 Å². The van der Waals surface area contributed by atoms with E-state index >= 15 is 0 Å². The van der Waals surface area contributed by atoms with Gasteiger partial charge in [-0.1, -0.05) is 48.5 Å². The summed E-state index contributed by atoms with van der Waals surface area (Å²) in [6, 6.07) is 18.1. The van der Waals surface area contributed by atoms with Crippen LogP contribution >= 0.6 is 0 Å². The van der Waals surface area contributed by atoms with Crippen LogP contribution in [0.4, 0.5) is 5.69 Å². The van der Waals surface area contributed by atoms with Crippen molar-refractivity contribution in [3.63, 3.8) is 0 Å². The van der Waals surface area contributed by atoms with E-state index in [0.717, 1.165) is 5.56 Å². The number of nitrogens with one attached hydrogen (secondary N) is 1. The predicted octanol–water partition coefficient (Wildman–Crippen LogP) is 2.02. The minimum atomic E-state index is -0.791. The molecule has 0 aromatic heterocycles. The lowest BCUT2D eigenvalue weighted by atomic mass is 10.1. The number of aliphatic hydroxyl groups excluding tert-OH is 1. The second-order valence-electron chi connectivity index (χ2n) is 5.72. The van der Waals surface area contributed by atoms with Gasteiger partial charge in [0.2, 0.25) is 5.91 Å². The van der Waals surface area contributed by atoms with Crippen LogP contribution in [0.25, 0.3) is 0 Å². The number of carbonyl (C=O) groups excluding carboxylic acids is 2. The summed E-state index contributed by atoms with van der Waals surface area (Å²) < 4.78 is 0. The summed E-state index contributed by atoms with van der Waals surface area (Å²) in [5.41, 5.74) is 1.64. The lowest BCUT2D eigenvalue weighted by molar-refractivity contribution is -0.119. The van der Waals surface area contributed by atoms with E-state index in [4.69, 9.17) is 0 Å². The van der Waals surface area contributed by atoms with Gasteiger partial charge in [-0.05, 0) is 17.7 Å². The van der Waals surface area contributed by atoms with Crippen LogP contribution < -0.4 is 10.3 Å². The van der Waals surface area contributed by atoms with Gasteiger partial charge in [-0.3, -0.25) is 9.59 Å². The quantitative estimate of drug-likeness (QED) is 0.876. The average Bonchev–Trinajstić information content (AvgIpc) is 2.67. The van der Waals surface area contributed by atoms with E-state index in [-0.39, 0.29) is 36.9 Å². The van der Waals surface area contributed by atoms with Crippen molar-refractivity contribution in [2.45, 2.75) is 18.9 Å². The van der Waals surface area contributed by atoms with Crippen molar-refractivity contribution in [1.82, 2.24) is 5.32 Å². The molecule has 2 aromatic rings. The summed E-state index contributed by atoms with van der Waals surface area (Å²) in [5.74, 6) is -0.518. The van der Waals surface area contributed by atoms with Crippen molar-refractivity contribution >= 4 is 23.2 Å². The van der Waals surface area contributed by atoms with Crippen molar-refractivity contribution < 1.29 is 14.7 Å². The molecule has 6 heteroatoms. The molecular formula is C19H19N3O3. The summed E-state index contributed by atoms with van der Waals surface area (Å²) >= 11 is 0. The third kappa shape index (κ3) is 4.10. The maximum atomic E-state index is 12.3. The van der Waals surface area contributed by atoms with Crippen LogP contribution in [0.2, 0.25) is 0 Å². The fourth-order valence-electron chi connectivity index (χ4n) is 2.57. The molecule has 1 unspecified atom stereocenters. The molecule has 1 aliphatic rings. The van der Waals surface area contributed by atoms with Gasteiger partial charge in [-0.15, -0.1) is 0 Å². The van der Waals surface area contributed by atoms with Gasteiger partial charge in [0, 0.05) is 19.4 Å². The zero-order valence-electron chi connectivity index (χ0n) is 13.6. The van der Waals surface area contributed by atoms with Crippen LogP contribution in [0, 0.1) is 0 Å². The van der Waals surface area contributed by atoms with Crippen LogP contribution in [-0.4, -0.2) is 29.2 Å². The molecule has 1 heterocycles. The van der Waals surface area contributed by atoms with Crippen LogP contribution in [-0.2, 0) is 9.59 Å². The van der Waals surface area contributed by atoms with Gasteiger partial charge in [0.1, 0.15) is 5.71 Å². The lowest BCUT2D eigenvalue weighted by Gasteiger charge is -2.23. The van der Waals surface area contributed by atoms with Crippen molar-refractivity contribution in [2.75, 3.05) is 11.6 Å². The Bertz CT molecular complexity index is 775. The second-order valence-corrected chi connectivity index (χ2v) is 5.72. The van der Waals surface area contributed by atoms with E-state index in [1.54, 1.807) is 24.3 Å². The molecule has 1 aliphatic heterocycles. The Morgan fingerprint density at radius 3 is 2.40 bits per heavy atom. The fourth-order valence-corrected chi connectivity index (χ4v) is 2.57. The Kier molecular flexibility index (Phi) is 5.20. The number of rotatable bonds is 5. The molecule has 0 saturated heterocycles. The highest BCUT2D eigenvalue weighted by Crippen LogP contribution is 2.19. The van der Waals surface area contributed by atoms with E-state index in [1.807, 2.05) is 36.4 Å². The normalized spacial score (nSPS) is 15.5. The Hall–Kier alpha value is -2.99. The lowest BCUT2D eigenvalue weighted by Crippen LogP contribution is -2.40. The van der Waals surface area contributed by atoms with Gasteiger partial charge in [0.25, 0.3) is 5.91 Å². The SMILES string of the molecule is O=C(NCC(O)c1ccccc1)C1=NN(c2ccccc2)C(=O)CC1. The van der Waals surface area contributed by atoms with Gasteiger partial charge in [0.15, 0.2) is 0 Å². The molecule has 0 saturated carbocycles. The zero-order chi connectivity index (χ0) is 17.6. The number of amides is 2. The molecule has 0 fully saturated rings. The molecule has 0 aliphatic carbocycles. The van der Waals surface area contributed by atoms with Gasteiger partial charge in [-0.2, -0.15) is 5.10 Å². The molecule has 0 radical (unpaired) electrons. The van der Waals surface area contributed by atoms with Crippen LogP contribution in [0.15, 0.2) is 65.8 Å². The summed E-state index contributed by atoms with van der Waals surface area (Å²) in [6.45, 7) is 0.0845. The smallest absolute Gasteiger partial charge is 0.267 e. The standard InChI is InChI=1S/C19H19N3O3/c23-17(14-7-3-1-4-8-14)13-20-19(25)16-11-12-18(24)22(21-16)15-9-5-2-6-10-15/h1-10,17,23H,11-13H2,(H,20,25). The Labute approximate surface area is 145 Å². The summed E-state index contributed by atoms with van der Waals surface area (Å²) in [6.07, 6.45) is -0.279. The number of benzene rings is 2. The molecule has 2 amide bonds. The fraction of sp³-hybridized carbons (Fsp3) is 0.211. The maximum absolute atomic E-state index is 12.3. The molecular weight excluding hydrogens is 318 g/mol. The van der Waals surface area contributed by atoms with E-state index in [2.05, 4.69) is 10.4 Å². The molecule has 0 spiro atoms. The molecule has 2 N–H and O–H groups in total. The van der Waals surface area contributed by atoms with Crippen molar-refractivity contribution in [2.24, 2.45) is 5.10 Å². The first-order valence-electron chi connectivity index (χ1n) is 8.12. The number of aliphatic hydroxyl groups is 1. The maximum Gasteiger partial charge on any atom is 0.267 e. The van der Waals surface area contributed by atoms with E-state index in [0.29, 0.717) is 5.69 Å².